The Morgan fingerprint density at radius 2 is 2.00 bits per heavy atom. The van der Waals surface area contributed by atoms with Gasteiger partial charge in [-0.2, -0.15) is 5.26 Å². The van der Waals surface area contributed by atoms with Crippen molar-refractivity contribution in [2.45, 2.75) is 6.92 Å². The van der Waals surface area contributed by atoms with E-state index < -0.39 is 0 Å². The second-order valence-electron chi connectivity index (χ2n) is 2.46. The van der Waals surface area contributed by atoms with E-state index in [0.29, 0.717) is 5.02 Å². The molecule has 1 aromatic rings. The van der Waals surface area contributed by atoms with Gasteiger partial charge in [0.15, 0.2) is 0 Å². The van der Waals surface area contributed by atoms with Gasteiger partial charge in [0, 0.05) is 11.1 Å². The van der Waals surface area contributed by atoms with Gasteiger partial charge >= 0.3 is 0 Å². The molecule has 1 nitrogen and oxygen atoms in total. The molecule has 0 bridgehead atoms. The van der Waals surface area contributed by atoms with Crippen molar-refractivity contribution in [2.24, 2.45) is 0 Å². The Morgan fingerprint density at radius 3 is 2.50 bits per heavy atom. The molecule has 0 atom stereocenters. The molecular formula is C10H8ClN. The van der Waals surface area contributed by atoms with Gasteiger partial charge in [-0.25, -0.2) is 0 Å². The molecule has 0 radical (unpaired) electrons. The molecule has 1 aromatic carbocycles. The van der Waals surface area contributed by atoms with E-state index in [1.54, 1.807) is 0 Å². The highest BCUT2D eigenvalue weighted by Gasteiger charge is 1.93. The van der Waals surface area contributed by atoms with Gasteiger partial charge in [-0.05, 0) is 30.2 Å². The largest absolute Gasteiger partial charge is 0.193 e. The summed E-state index contributed by atoms with van der Waals surface area (Å²) in [7, 11) is 0. The molecule has 2 heteroatoms. The molecule has 0 heterocycles. The van der Waals surface area contributed by atoms with E-state index in [2.05, 4.69) is 0 Å². The number of nitrogens with zero attached hydrogens (tertiary/aromatic N) is 1. The normalized spacial score (nSPS) is 10.9. The van der Waals surface area contributed by atoms with Gasteiger partial charge in [0.2, 0.25) is 0 Å². The second-order valence-corrected chi connectivity index (χ2v) is 2.90. The van der Waals surface area contributed by atoms with Crippen LogP contribution in [0.25, 0.3) is 5.57 Å². The van der Waals surface area contributed by atoms with Gasteiger partial charge in [0.25, 0.3) is 0 Å². The van der Waals surface area contributed by atoms with Crippen LogP contribution in [0.15, 0.2) is 30.3 Å². The van der Waals surface area contributed by atoms with Crippen molar-refractivity contribution < 1.29 is 0 Å². The molecule has 0 saturated heterocycles. The molecule has 1 rings (SSSR count). The van der Waals surface area contributed by atoms with Gasteiger partial charge in [0.1, 0.15) is 0 Å². The van der Waals surface area contributed by atoms with Crippen LogP contribution in [0, 0.1) is 11.3 Å². The fourth-order valence-electron chi connectivity index (χ4n) is 0.893. The molecular weight excluding hydrogens is 170 g/mol. The zero-order valence-electron chi connectivity index (χ0n) is 6.71. The van der Waals surface area contributed by atoms with Crippen LogP contribution < -0.4 is 0 Å². The predicted octanol–water partition coefficient (Wildman–Crippen LogP) is 3.27. The third-order valence-corrected chi connectivity index (χ3v) is 1.83. The topological polar surface area (TPSA) is 23.8 Å². The molecule has 0 aliphatic rings. The van der Waals surface area contributed by atoms with Crippen molar-refractivity contribution in [1.82, 2.24) is 0 Å². The van der Waals surface area contributed by atoms with E-state index in [4.69, 9.17) is 16.9 Å². The Morgan fingerprint density at radius 1 is 1.42 bits per heavy atom. The molecule has 0 unspecified atom stereocenters. The first kappa shape index (κ1) is 8.83. The lowest BCUT2D eigenvalue weighted by molar-refractivity contribution is 1.52. The summed E-state index contributed by atoms with van der Waals surface area (Å²) in [5.41, 5.74) is 1.98. The number of benzene rings is 1. The molecule has 0 aromatic heterocycles. The Bertz CT molecular complexity index is 330. The minimum absolute atomic E-state index is 0.712. The number of halogens is 1. The van der Waals surface area contributed by atoms with E-state index in [9.17, 15) is 0 Å². The Balaban J connectivity index is 2.99. The van der Waals surface area contributed by atoms with Crippen LogP contribution in [0.4, 0.5) is 0 Å². The fraction of sp³-hybridized carbons (Fsp3) is 0.100. The van der Waals surface area contributed by atoms with Crippen molar-refractivity contribution in [3.63, 3.8) is 0 Å². The first-order chi connectivity index (χ1) is 5.74. The van der Waals surface area contributed by atoms with Gasteiger partial charge in [0.05, 0.1) is 6.07 Å². The summed E-state index contributed by atoms with van der Waals surface area (Å²) in [4.78, 5) is 0. The van der Waals surface area contributed by atoms with E-state index >= 15 is 0 Å². The van der Waals surface area contributed by atoms with Crippen molar-refractivity contribution in [2.75, 3.05) is 0 Å². The third kappa shape index (κ3) is 2.11. The highest BCUT2D eigenvalue weighted by atomic mass is 35.5. The van der Waals surface area contributed by atoms with Crippen molar-refractivity contribution in [3.05, 3.63) is 40.9 Å². The SMILES string of the molecule is CC(=CC#N)c1ccc(Cl)cc1. The quantitative estimate of drug-likeness (QED) is 0.604. The summed E-state index contributed by atoms with van der Waals surface area (Å²) >= 11 is 5.71. The average molecular weight is 178 g/mol. The standard InChI is InChI=1S/C10H8ClN/c1-8(6-7-12)9-2-4-10(11)5-3-9/h2-6H,1H3. The van der Waals surface area contributed by atoms with E-state index in [0.717, 1.165) is 11.1 Å². The molecule has 0 aliphatic carbocycles. The van der Waals surface area contributed by atoms with Crippen LogP contribution in [0.2, 0.25) is 5.02 Å². The first-order valence-electron chi connectivity index (χ1n) is 3.56. The maximum Gasteiger partial charge on any atom is 0.0915 e. The average Bonchev–Trinajstić information content (AvgIpc) is 2.06. The first-order valence-corrected chi connectivity index (χ1v) is 3.94. The highest BCUT2D eigenvalue weighted by molar-refractivity contribution is 6.30. The van der Waals surface area contributed by atoms with Gasteiger partial charge in [-0.3, -0.25) is 0 Å². The maximum absolute atomic E-state index is 8.40. The molecule has 12 heavy (non-hydrogen) atoms. The van der Waals surface area contributed by atoms with Crippen LogP contribution in [0.3, 0.4) is 0 Å². The molecule has 0 N–H and O–H groups in total. The van der Waals surface area contributed by atoms with E-state index in [1.165, 1.54) is 6.08 Å². The summed E-state index contributed by atoms with van der Waals surface area (Å²) in [5.74, 6) is 0. The monoisotopic (exact) mass is 177 g/mol. The molecule has 0 fully saturated rings. The summed E-state index contributed by atoms with van der Waals surface area (Å²) in [6.07, 6.45) is 1.52. The third-order valence-electron chi connectivity index (χ3n) is 1.58. The Hall–Kier alpha value is -1.26. The van der Waals surface area contributed by atoms with Crippen LogP contribution >= 0.6 is 11.6 Å². The minimum Gasteiger partial charge on any atom is -0.193 e. The Labute approximate surface area is 76.9 Å². The fourth-order valence-corrected chi connectivity index (χ4v) is 1.02. The second kappa shape index (κ2) is 3.94. The number of nitriles is 1. The molecule has 0 saturated carbocycles. The van der Waals surface area contributed by atoms with Gasteiger partial charge in [-0.1, -0.05) is 23.7 Å². The van der Waals surface area contributed by atoms with Gasteiger partial charge < -0.3 is 0 Å². The summed E-state index contributed by atoms with van der Waals surface area (Å²) in [5, 5.41) is 9.11. The van der Waals surface area contributed by atoms with Crippen LogP contribution in [0.5, 0.6) is 0 Å². The lowest BCUT2D eigenvalue weighted by atomic mass is 10.1. The maximum atomic E-state index is 8.40. The van der Waals surface area contributed by atoms with Crippen molar-refractivity contribution >= 4 is 17.2 Å². The zero-order chi connectivity index (χ0) is 8.97. The Kier molecular flexibility index (Phi) is 2.90. The lowest BCUT2D eigenvalue weighted by Gasteiger charge is -1.98. The van der Waals surface area contributed by atoms with Crippen molar-refractivity contribution in [1.29, 1.82) is 5.26 Å². The number of allylic oxidation sites excluding steroid dienone is 2. The van der Waals surface area contributed by atoms with Crippen LogP contribution in [-0.4, -0.2) is 0 Å². The predicted molar refractivity (Wildman–Crippen MR) is 50.7 cm³/mol. The lowest BCUT2D eigenvalue weighted by Crippen LogP contribution is -1.77. The minimum atomic E-state index is 0.712. The van der Waals surface area contributed by atoms with Crippen LogP contribution in [-0.2, 0) is 0 Å². The van der Waals surface area contributed by atoms with Gasteiger partial charge in [-0.15, -0.1) is 0 Å². The summed E-state index contributed by atoms with van der Waals surface area (Å²) in [6.45, 7) is 1.90. The number of rotatable bonds is 1. The smallest absolute Gasteiger partial charge is 0.0915 e. The number of hydrogen-bond acceptors (Lipinski definition) is 1. The van der Waals surface area contributed by atoms with Crippen molar-refractivity contribution in [3.8, 4) is 6.07 Å². The highest BCUT2D eigenvalue weighted by Crippen LogP contribution is 2.16. The molecule has 0 spiro atoms. The number of hydrogen-bond donors (Lipinski definition) is 0. The molecule has 0 amide bonds. The summed E-state index contributed by atoms with van der Waals surface area (Å²) in [6, 6.07) is 9.40. The molecule has 60 valence electrons. The van der Waals surface area contributed by atoms with E-state index in [1.807, 2.05) is 37.3 Å². The van der Waals surface area contributed by atoms with Crippen LogP contribution in [0.1, 0.15) is 12.5 Å². The molecule has 0 aliphatic heterocycles. The summed E-state index contributed by atoms with van der Waals surface area (Å²) < 4.78 is 0. The van der Waals surface area contributed by atoms with E-state index in [-0.39, 0.29) is 0 Å². The zero-order valence-corrected chi connectivity index (χ0v) is 7.47.